The maximum atomic E-state index is 10.5. The van der Waals surface area contributed by atoms with Crippen molar-refractivity contribution in [3.63, 3.8) is 0 Å². The number of rotatable bonds is 19. The van der Waals surface area contributed by atoms with Crippen LogP contribution in [0.2, 0.25) is 0 Å². The Bertz CT molecular complexity index is 371. The maximum absolute atomic E-state index is 10.5. The van der Waals surface area contributed by atoms with Crippen LogP contribution in [0.15, 0.2) is 0 Å². The standard InChI is InChI=1S/C22H47NO6/c1-4-5-6-7-8-9-10-11-12-13-14-23(3)18(15-17(2)25)20(27)22(29)21(28)19(26)16-24/h17-22,24-29H,4-16H2,1-3H3/t17?,18?,19-,20+,21-,22-/m1/s1. The van der Waals surface area contributed by atoms with Crippen LogP contribution >= 0.6 is 0 Å². The predicted molar refractivity (Wildman–Crippen MR) is 116 cm³/mol. The molecule has 0 aliphatic heterocycles. The molecule has 2 unspecified atom stereocenters. The minimum Gasteiger partial charge on any atom is -0.394 e. The molecule has 29 heavy (non-hydrogen) atoms. The van der Waals surface area contributed by atoms with Crippen LogP contribution < -0.4 is 0 Å². The van der Waals surface area contributed by atoms with E-state index < -0.39 is 43.2 Å². The minimum atomic E-state index is -1.66. The Morgan fingerprint density at radius 2 is 1.17 bits per heavy atom. The van der Waals surface area contributed by atoms with Gasteiger partial charge in [0.1, 0.15) is 18.3 Å². The van der Waals surface area contributed by atoms with Gasteiger partial charge in [-0.2, -0.15) is 0 Å². The summed E-state index contributed by atoms with van der Waals surface area (Å²) in [5.41, 5.74) is 0. The van der Waals surface area contributed by atoms with Gasteiger partial charge in [-0.25, -0.2) is 0 Å². The molecular weight excluding hydrogens is 374 g/mol. The molecule has 0 aromatic carbocycles. The zero-order valence-corrected chi connectivity index (χ0v) is 18.8. The fourth-order valence-corrected chi connectivity index (χ4v) is 3.71. The number of aliphatic hydroxyl groups excluding tert-OH is 6. The van der Waals surface area contributed by atoms with Crippen LogP contribution in [0.3, 0.4) is 0 Å². The summed E-state index contributed by atoms with van der Waals surface area (Å²) < 4.78 is 0. The van der Waals surface area contributed by atoms with Gasteiger partial charge in [-0.05, 0) is 33.4 Å². The zero-order chi connectivity index (χ0) is 22.2. The SMILES string of the molecule is CCCCCCCCCCCCN(C)C(CC(C)O)[C@H](O)[C@@H](O)[C@H](O)[C@H](O)CO. The van der Waals surface area contributed by atoms with Gasteiger partial charge in [-0.1, -0.05) is 64.7 Å². The number of aliphatic hydroxyl groups is 6. The fraction of sp³-hybridized carbons (Fsp3) is 1.00. The number of nitrogens with zero attached hydrogens (tertiary/aromatic N) is 1. The molecule has 176 valence electrons. The van der Waals surface area contributed by atoms with Crippen molar-refractivity contribution in [1.82, 2.24) is 4.90 Å². The highest BCUT2D eigenvalue weighted by Gasteiger charge is 2.36. The van der Waals surface area contributed by atoms with E-state index in [-0.39, 0.29) is 6.42 Å². The van der Waals surface area contributed by atoms with Crippen LogP contribution in [0, 0.1) is 0 Å². The van der Waals surface area contributed by atoms with E-state index in [1.165, 1.54) is 51.4 Å². The molecule has 6 atom stereocenters. The lowest BCUT2D eigenvalue weighted by Gasteiger charge is -2.37. The van der Waals surface area contributed by atoms with Crippen LogP contribution in [0.5, 0.6) is 0 Å². The maximum Gasteiger partial charge on any atom is 0.111 e. The molecular formula is C22H47NO6. The van der Waals surface area contributed by atoms with E-state index in [4.69, 9.17) is 5.11 Å². The van der Waals surface area contributed by atoms with Crippen molar-refractivity contribution < 1.29 is 30.6 Å². The molecule has 0 rings (SSSR count). The van der Waals surface area contributed by atoms with Crippen molar-refractivity contribution in [3.8, 4) is 0 Å². The quantitative estimate of drug-likeness (QED) is 0.174. The first-order chi connectivity index (χ1) is 13.8. The third kappa shape index (κ3) is 12.9. The highest BCUT2D eigenvalue weighted by atomic mass is 16.4. The number of unbranched alkanes of at least 4 members (excludes halogenated alkanes) is 9. The molecule has 0 aromatic heterocycles. The van der Waals surface area contributed by atoms with Crippen molar-refractivity contribution in [1.29, 1.82) is 0 Å². The van der Waals surface area contributed by atoms with E-state index in [9.17, 15) is 25.5 Å². The monoisotopic (exact) mass is 421 g/mol. The molecule has 7 nitrogen and oxygen atoms in total. The Balaban J connectivity index is 4.32. The summed E-state index contributed by atoms with van der Waals surface area (Å²) in [6.45, 7) is 3.83. The first kappa shape index (κ1) is 28.7. The molecule has 0 spiro atoms. The van der Waals surface area contributed by atoms with Gasteiger partial charge in [0.15, 0.2) is 0 Å². The van der Waals surface area contributed by atoms with Crippen LogP contribution in [0.25, 0.3) is 0 Å². The van der Waals surface area contributed by atoms with Crippen molar-refractivity contribution in [2.24, 2.45) is 0 Å². The van der Waals surface area contributed by atoms with Gasteiger partial charge in [-0.15, -0.1) is 0 Å². The molecule has 0 aliphatic rings. The van der Waals surface area contributed by atoms with Gasteiger partial charge in [0.05, 0.1) is 18.8 Å². The molecule has 0 amide bonds. The summed E-state index contributed by atoms with van der Waals surface area (Å²) in [6, 6.07) is -0.566. The van der Waals surface area contributed by atoms with Crippen LogP contribution in [0.4, 0.5) is 0 Å². The second-order valence-electron chi connectivity index (χ2n) is 8.54. The second kappa shape index (κ2) is 17.4. The van der Waals surface area contributed by atoms with Crippen LogP contribution in [-0.4, -0.2) is 92.3 Å². The average Bonchev–Trinajstić information content (AvgIpc) is 2.70. The summed E-state index contributed by atoms with van der Waals surface area (Å²) in [7, 11) is 1.82. The lowest BCUT2D eigenvalue weighted by atomic mass is 9.93. The van der Waals surface area contributed by atoms with Gasteiger partial charge in [-0.3, -0.25) is 0 Å². The van der Waals surface area contributed by atoms with Crippen molar-refractivity contribution in [3.05, 3.63) is 0 Å². The number of likely N-dealkylation sites (N-methyl/N-ethyl adjacent to an activating group) is 1. The molecule has 0 bridgehead atoms. The second-order valence-corrected chi connectivity index (χ2v) is 8.54. The summed E-state index contributed by atoms with van der Waals surface area (Å²) in [5.74, 6) is 0. The zero-order valence-electron chi connectivity index (χ0n) is 18.8. The Labute approximate surface area is 177 Å². The normalized spacial score (nSPS) is 18.4. The topological polar surface area (TPSA) is 125 Å². The van der Waals surface area contributed by atoms with Crippen molar-refractivity contribution in [2.75, 3.05) is 20.2 Å². The van der Waals surface area contributed by atoms with E-state index in [0.717, 1.165) is 12.8 Å². The van der Waals surface area contributed by atoms with Gasteiger partial charge in [0.2, 0.25) is 0 Å². The van der Waals surface area contributed by atoms with Gasteiger partial charge in [0.25, 0.3) is 0 Å². The number of hydrogen-bond donors (Lipinski definition) is 6. The molecule has 0 aliphatic carbocycles. The molecule has 7 heteroatoms. The third-order valence-corrected chi connectivity index (χ3v) is 5.69. The molecule has 0 saturated heterocycles. The van der Waals surface area contributed by atoms with E-state index in [0.29, 0.717) is 6.54 Å². The van der Waals surface area contributed by atoms with Crippen LogP contribution in [0.1, 0.15) is 84.5 Å². The van der Waals surface area contributed by atoms with Gasteiger partial charge < -0.3 is 35.5 Å². The Hall–Kier alpha value is -0.280. The Morgan fingerprint density at radius 1 is 0.690 bits per heavy atom. The number of hydrogen-bond acceptors (Lipinski definition) is 7. The Kier molecular flexibility index (Phi) is 17.2. The van der Waals surface area contributed by atoms with Gasteiger partial charge in [0, 0.05) is 6.04 Å². The van der Waals surface area contributed by atoms with Gasteiger partial charge >= 0.3 is 0 Å². The fourth-order valence-electron chi connectivity index (χ4n) is 3.71. The highest BCUT2D eigenvalue weighted by molar-refractivity contribution is 4.89. The van der Waals surface area contributed by atoms with E-state index in [1.807, 2.05) is 11.9 Å². The molecule has 0 fully saturated rings. The lowest BCUT2D eigenvalue weighted by Crippen LogP contribution is -2.54. The van der Waals surface area contributed by atoms with E-state index in [2.05, 4.69) is 6.92 Å². The van der Waals surface area contributed by atoms with E-state index >= 15 is 0 Å². The molecule has 0 heterocycles. The Morgan fingerprint density at radius 3 is 1.62 bits per heavy atom. The minimum absolute atomic E-state index is 0.231. The lowest BCUT2D eigenvalue weighted by molar-refractivity contribution is -0.133. The summed E-state index contributed by atoms with van der Waals surface area (Å²) >= 11 is 0. The smallest absolute Gasteiger partial charge is 0.111 e. The molecule has 0 aromatic rings. The van der Waals surface area contributed by atoms with E-state index in [1.54, 1.807) is 6.92 Å². The average molecular weight is 422 g/mol. The molecule has 0 saturated carbocycles. The summed E-state index contributed by atoms with van der Waals surface area (Å²) in [5, 5.41) is 58.8. The first-order valence-corrected chi connectivity index (χ1v) is 11.5. The molecule has 0 radical (unpaired) electrons. The van der Waals surface area contributed by atoms with Crippen molar-refractivity contribution >= 4 is 0 Å². The molecule has 6 N–H and O–H groups in total. The summed E-state index contributed by atoms with van der Waals surface area (Å²) in [6.07, 6.45) is 5.70. The third-order valence-electron chi connectivity index (χ3n) is 5.69. The summed E-state index contributed by atoms with van der Waals surface area (Å²) in [4.78, 5) is 1.89. The van der Waals surface area contributed by atoms with Crippen LogP contribution in [-0.2, 0) is 0 Å². The highest BCUT2D eigenvalue weighted by Crippen LogP contribution is 2.18. The predicted octanol–water partition coefficient (Wildman–Crippen LogP) is 1.41. The van der Waals surface area contributed by atoms with Crippen molar-refractivity contribution in [2.45, 2.75) is 121 Å². The first-order valence-electron chi connectivity index (χ1n) is 11.5. The largest absolute Gasteiger partial charge is 0.394 e.